The number of hydrogen-bond acceptors (Lipinski definition) is 5. The van der Waals surface area contributed by atoms with Gasteiger partial charge in [0.05, 0.1) is 23.1 Å². The van der Waals surface area contributed by atoms with Gasteiger partial charge in [-0.25, -0.2) is 4.98 Å². The molecule has 0 spiro atoms. The van der Waals surface area contributed by atoms with Crippen molar-refractivity contribution in [1.82, 2.24) is 4.98 Å². The van der Waals surface area contributed by atoms with Crippen LogP contribution in [0.3, 0.4) is 0 Å². The van der Waals surface area contributed by atoms with Crippen LogP contribution in [-0.2, 0) is 9.53 Å². The summed E-state index contributed by atoms with van der Waals surface area (Å²) in [7, 11) is 0. The zero-order valence-electron chi connectivity index (χ0n) is 15.8. The number of thioether (sulfide) groups is 1. The minimum atomic E-state index is -0.322. The molecular weight excluding hydrogens is 368 g/mol. The van der Waals surface area contributed by atoms with Crippen molar-refractivity contribution in [1.29, 1.82) is 5.26 Å². The van der Waals surface area contributed by atoms with Crippen molar-refractivity contribution in [2.24, 2.45) is 0 Å². The number of carbonyl (C=O) groups is 1. The Balaban J connectivity index is 2.06. The van der Waals surface area contributed by atoms with Crippen LogP contribution in [0.5, 0.6) is 0 Å². The van der Waals surface area contributed by atoms with E-state index in [1.54, 1.807) is 0 Å². The average Bonchev–Trinajstić information content (AvgIpc) is 2.72. The maximum Gasteiger partial charge on any atom is 0.316 e. The number of esters is 1. The fourth-order valence-corrected chi connectivity index (χ4v) is 3.55. The molecule has 0 aliphatic carbocycles. The second-order valence-electron chi connectivity index (χ2n) is 6.41. The molecule has 0 saturated carbocycles. The van der Waals surface area contributed by atoms with Gasteiger partial charge in [0.15, 0.2) is 0 Å². The topological polar surface area (TPSA) is 63.0 Å². The molecule has 28 heavy (non-hydrogen) atoms. The summed E-state index contributed by atoms with van der Waals surface area (Å²) in [5.74, 6) is -0.219. The monoisotopic (exact) mass is 388 g/mol. The van der Waals surface area contributed by atoms with E-state index >= 15 is 0 Å². The first-order valence-electron chi connectivity index (χ1n) is 8.96. The van der Waals surface area contributed by atoms with Gasteiger partial charge in [-0.15, -0.1) is 0 Å². The standard InChI is InChI=1S/C23H20N2O2S/c1-16(2)27-22(26)15-28-23-20(14-24)19(17-9-5-3-6-10-17)13-21(25-23)18-11-7-4-8-12-18/h3-13,16H,15H2,1-2H3. The van der Waals surface area contributed by atoms with E-state index in [4.69, 9.17) is 4.74 Å². The summed E-state index contributed by atoms with van der Waals surface area (Å²) in [5.41, 5.74) is 3.92. The molecule has 0 saturated heterocycles. The van der Waals surface area contributed by atoms with E-state index in [-0.39, 0.29) is 17.8 Å². The third-order valence-corrected chi connectivity index (χ3v) is 4.90. The number of nitrogens with zero attached hydrogens (tertiary/aromatic N) is 2. The van der Waals surface area contributed by atoms with E-state index in [1.165, 1.54) is 11.8 Å². The molecule has 0 unspecified atom stereocenters. The summed E-state index contributed by atoms with van der Waals surface area (Å²) in [6, 6.07) is 23.7. The zero-order valence-corrected chi connectivity index (χ0v) is 16.6. The van der Waals surface area contributed by atoms with Gasteiger partial charge in [-0.05, 0) is 25.5 Å². The van der Waals surface area contributed by atoms with Crippen LogP contribution in [0, 0.1) is 11.3 Å². The van der Waals surface area contributed by atoms with Gasteiger partial charge in [-0.1, -0.05) is 72.4 Å². The Hall–Kier alpha value is -3.10. The number of nitriles is 1. The molecule has 0 aliphatic rings. The lowest BCUT2D eigenvalue weighted by atomic mass is 9.99. The fraction of sp³-hybridized carbons (Fsp3) is 0.174. The van der Waals surface area contributed by atoms with Crippen molar-refractivity contribution in [3.63, 3.8) is 0 Å². The van der Waals surface area contributed by atoms with E-state index in [1.807, 2.05) is 80.6 Å². The highest BCUT2D eigenvalue weighted by molar-refractivity contribution is 7.99. The summed E-state index contributed by atoms with van der Waals surface area (Å²) in [4.78, 5) is 16.7. The van der Waals surface area contributed by atoms with Crippen LogP contribution < -0.4 is 0 Å². The number of pyridine rings is 1. The molecule has 1 aromatic heterocycles. The van der Waals surface area contributed by atoms with E-state index < -0.39 is 0 Å². The van der Waals surface area contributed by atoms with Crippen molar-refractivity contribution in [3.05, 3.63) is 72.3 Å². The van der Waals surface area contributed by atoms with Crippen molar-refractivity contribution in [2.75, 3.05) is 5.75 Å². The third-order valence-electron chi connectivity index (χ3n) is 3.95. The Bertz CT molecular complexity index is 996. The SMILES string of the molecule is CC(C)OC(=O)CSc1nc(-c2ccccc2)cc(-c2ccccc2)c1C#N. The lowest BCUT2D eigenvalue weighted by molar-refractivity contribution is -0.144. The molecule has 0 amide bonds. The van der Waals surface area contributed by atoms with Crippen LogP contribution in [0.2, 0.25) is 0 Å². The highest BCUT2D eigenvalue weighted by atomic mass is 32.2. The minimum Gasteiger partial charge on any atom is -0.462 e. The quantitative estimate of drug-likeness (QED) is 0.422. The molecule has 0 atom stereocenters. The fourth-order valence-electron chi connectivity index (χ4n) is 2.76. The van der Waals surface area contributed by atoms with Crippen LogP contribution in [0.4, 0.5) is 0 Å². The molecule has 0 radical (unpaired) electrons. The number of rotatable bonds is 6. The number of hydrogen-bond donors (Lipinski definition) is 0. The second-order valence-corrected chi connectivity index (χ2v) is 7.37. The molecule has 140 valence electrons. The van der Waals surface area contributed by atoms with Crippen molar-refractivity contribution in [2.45, 2.75) is 25.0 Å². The Morgan fingerprint density at radius 1 is 1.07 bits per heavy atom. The van der Waals surface area contributed by atoms with E-state index in [0.717, 1.165) is 22.4 Å². The first-order valence-corrected chi connectivity index (χ1v) is 9.95. The van der Waals surface area contributed by atoms with Crippen LogP contribution in [0.1, 0.15) is 19.4 Å². The number of ether oxygens (including phenoxy) is 1. The van der Waals surface area contributed by atoms with Gasteiger partial charge >= 0.3 is 5.97 Å². The Morgan fingerprint density at radius 2 is 1.68 bits per heavy atom. The minimum absolute atomic E-state index is 0.104. The predicted molar refractivity (Wildman–Crippen MR) is 112 cm³/mol. The molecule has 0 aliphatic heterocycles. The number of benzene rings is 2. The van der Waals surface area contributed by atoms with Gasteiger partial charge in [0.2, 0.25) is 0 Å². The maximum absolute atomic E-state index is 12.0. The predicted octanol–water partition coefficient (Wildman–Crippen LogP) is 5.33. The molecule has 0 N–H and O–H groups in total. The lowest BCUT2D eigenvalue weighted by Crippen LogP contribution is -2.13. The Morgan fingerprint density at radius 3 is 2.25 bits per heavy atom. The van der Waals surface area contributed by atoms with Crippen molar-refractivity contribution < 1.29 is 9.53 Å². The molecular formula is C23H20N2O2S. The average molecular weight is 388 g/mol. The van der Waals surface area contributed by atoms with E-state index in [9.17, 15) is 10.1 Å². The molecule has 0 bridgehead atoms. The maximum atomic E-state index is 12.0. The largest absolute Gasteiger partial charge is 0.462 e. The summed E-state index contributed by atoms with van der Waals surface area (Å²) < 4.78 is 5.20. The first kappa shape index (κ1) is 19.7. The lowest BCUT2D eigenvalue weighted by Gasteiger charge is -2.13. The summed E-state index contributed by atoms with van der Waals surface area (Å²) in [5, 5.41) is 10.3. The van der Waals surface area contributed by atoms with Gasteiger partial charge in [0.1, 0.15) is 11.1 Å². The highest BCUT2D eigenvalue weighted by Crippen LogP contribution is 2.34. The van der Waals surface area contributed by atoms with Crippen LogP contribution in [0.15, 0.2) is 71.8 Å². The summed E-state index contributed by atoms with van der Waals surface area (Å²) in [6.45, 7) is 3.62. The van der Waals surface area contributed by atoms with Crippen LogP contribution in [-0.4, -0.2) is 22.8 Å². The Labute approximate surface area is 169 Å². The van der Waals surface area contributed by atoms with E-state index in [0.29, 0.717) is 10.6 Å². The van der Waals surface area contributed by atoms with Crippen LogP contribution in [0.25, 0.3) is 22.4 Å². The molecule has 2 aromatic carbocycles. The van der Waals surface area contributed by atoms with Gasteiger partial charge in [-0.3, -0.25) is 4.79 Å². The second kappa shape index (κ2) is 9.20. The van der Waals surface area contributed by atoms with Crippen molar-refractivity contribution >= 4 is 17.7 Å². The van der Waals surface area contributed by atoms with Gasteiger partial charge in [0, 0.05) is 11.1 Å². The molecule has 3 rings (SSSR count). The number of carbonyl (C=O) groups excluding carboxylic acids is 1. The Kier molecular flexibility index (Phi) is 6.46. The molecule has 3 aromatic rings. The van der Waals surface area contributed by atoms with Crippen LogP contribution >= 0.6 is 11.8 Å². The number of aromatic nitrogens is 1. The zero-order chi connectivity index (χ0) is 19.9. The molecule has 0 fully saturated rings. The van der Waals surface area contributed by atoms with Gasteiger partial charge < -0.3 is 4.74 Å². The van der Waals surface area contributed by atoms with Crippen molar-refractivity contribution in [3.8, 4) is 28.5 Å². The van der Waals surface area contributed by atoms with E-state index in [2.05, 4.69) is 11.1 Å². The van der Waals surface area contributed by atoms with Gasteiger partial charge in [0.25, 0.3) is 0 Å². The molecule has 4 nitrogen and oxygen atoms in total. The summed E-state index contributed by atoms with van der Waals surface area (Å²) in [6.07, 6.45) is -0.174. The smallest absolute Gasteiger partial charge is 0.316 e. The first-order chi connectivity index (χ1) is 13.6. The molecule has 1 heterocycles. The highest BCUT2D eigenvalue weighted by Gasteiger charge is 2.17. The van der Waals surface area contributed by atoms with Gasteiger partial charge in [-0.2, -0.15) is 5.26 Å². The molecule has 5 heteroatoms. The summed E-state index contributed by atoms with van der Waals surface area (Å²) >= 11 is 1.23. The third kappa shape index (κ3) is 4.79. The normalized spacial score (nSPS) is 10.5.